The zero-order valence-corrected chi connectivity index (χ0v) is 17.1. The lowest BCUT2D eigenvalue weighted by molar-refractivity contribution is -0.116. The molecule has 0 aliphatic rings. The topological polar surface area (TPSA) is 83.3 Å². The second-order valence-corrected chi connectivity index (χ2v) is 7.11. The molecule has 1 aromatic heterocycles. The summed E-state index contributed by atoms with van der Waals surface area (Å²) >= 11 is 0. The summed E-state index contributed by atoms with van der Waals surface area (Å²) in [4.78, 5) is 16.8. The molecule has 0 spiro atoms. The van der Waals surface area contributed by atoms with Crippen molar-refractivity contribution in [2.75, 3.05) is 18.4 Å². The number of guanidine groups is 1. The van der Waals surface area contributed by atoms with Crippen molar-refractivity contribution in [2.45, 2.75) is 46.7 Å². The normalized spacial score (nSPS) is 11.5. The molecule has 2 aromatic rings. The fourth-order valence-corrected chi connectivity index (χ4v) is 2.72. The number of aromatic nitrogens is 2. The molecule has 0 aliphatic carbocycles. The average molecular weight is 385 g/mol. The molecular weight excluding hydrogens is 352 g/mol. The second kappa shape index (κ2) is 11.8. The monoisotopic (exact) mass is 384 g/mol. The van der Waals surface area contributed by atoms with E-state index in [1.165, 1.54) is 6.42 Å². The molecular formula is C21H32N6O. The molecule has 28 heavy (non-hydrogen) atoms. The van der Waals surface area contributed by atoms with Gasteiger partial charge in [0.2, 0.25) is 5.91 Å². The number of nitrogens with zero attached hydrogens (tertiary/aromatic N) is 3. The number of benzene rings is 1. The van der Waals surface area contributed by atoms with Gasteiger partial charge in [-0.2, -0.15) is 5.10 Å². The van der Waals surface area contributed by atoms with Gasteiger partial charge < -0.3 is 16.0 Å². The number of hydrogen-bond donors (Lipinski definition) is 3. The Kier molecular flexibility index (Phi) is 9.04. The van der Waals surface area contributed by atoms with E-state index in [9.17, 15) is 4.79 Å². The third-order valence-electron chi connectivity index (χ3n) is 4.09. The van der Waals surface area contributed by atoms with Crippen LogP contribution in [0.25, 0.3) is 0 Å². The maximum atomic E-state index is 12.1. The van der Waals surface area contributed by atoms with E-state index in [-0.39, 0.29) is 12.5 Å². The van der Waals surface area contributed by atoms with Gasteiger partial charge in [0.1, 0.15) is 6.54 Å². The van der Waals surface area contributed by atoms with E-state index in [1.54, 1.807) is 23.1 Å². The number of anilines is 1. The molecule has 1 heterocycles. The Hall–Kier alpha value is -2.83. The average Bonchev–Trinajstić information content (AvgIpc) is 3.16. The smallest absolute Gasteiger partial charge is 0.246 e. The van der Waals surface area contributed by atoms with E-state index < -0.39 is 0 Å². The number of amides is 1. The van der Waals surface area contributed by atoms with Crippen LogP contribution in [0.3, 0.4) is 0 Å². The maximum absolute atomic E-state index is 12.1. The summed E-state index contributed by atoms with van der Waals surface area (Å²) in [5.74, 6) is 1.43. The third-order valence-corrected chi connectivity index (χ3v) is 4.09. The summed E-state index contributed by atoms with van der Waals surface area (Å²) in [5.41, 5.74) is 1.80. The molecule has 152 valence electrons. The van der Waals surface area contributed by atoms with Gasteiger partial charge in [0.25, 0.3) is 0 Å². The van der Waals surface area contributed by atoms with E-state index in [1.807, 2.05) is 24.3 Å². The highest BCUT2D eigenvalue weighted by Gasteiger charge is 2.05. The summed E-state index contributed by atoms with van der Waals surface area (Å²) < 4.78 is 1.59. The van der Waals surface area contributed by atoms with Crippen LogP contribution < -0.4 is 16.0 Å². The number of carbonyl (C=O) groups is 1. The first-order valence-electron chi connectivity index (χ1n) is 9.95. The summed E-state index contributed by atoms with van der Waals surface area (Å²) in [6, 6.07) is 9.56. The summed E-state index contributed by atoms with van der Waals surface area (Å²) in [5, 5.41) is 13.6. The van der Waals surface area contributed by atoms with E-state index in [2.05, 4.69) is 46.8 Å². The van der Waals surface area contributed by atoms with Crippen LogP contribution in [0.1, 0.15) is 39.2 Å². The van der Waals surface area contributed by atoms with E-state index in [0.717, 1.165) is 36.7 Å². The number of nitrogens with one attached hydrogen (secondary N) is 3. The Morgan fingerprint density at radius 1 is 1.25 bits per heavy atom. The van der Waals surface area contributed by atoms with Crippen molar-refractivity contribution in [3.8, 4) is 0 Å². The molecule has 0 fully saturated rings. The summed E-state index contributed by atoms with van der Waals surface area (Å²) in [6.45, 7) is 9.00. The van der Waals surface area contributed by atoms with Gasteiger partial charge in [-0.1, -0.05) is 26.0 Å². The minimum atomic E-state index is -0.107. The van der Waals surface area contributed by atoms with Crippen LogP contribution in [0.5, 0.6) is 0 Å². The van der Waals surface area contributed by atoms with Crippen molar-refractivity contribution in [1.29, 1.82) is 0 Å². The lowest BCUT2D eigenvalue weighted by Gasteiger charge is -2.12. The number of rotatable bonds is 10. The van der Waals surface area contributed by atoms with Crippen LogP contribution in [-0.4, -0.2) is 34.7 Å². The zero-order valence-electron chi connectivity index (χ0n) is 17.1. The summed E-state index contributed by atoms with van der Waals surface area (Å²) in [6.07, 6.45) is 5.75. The molecule has 2 rings (SSSR count). The molecule has 0 saturated heterocycles. The molecule has 7 heteroatoms. The van der Waals surface area contributed by atoms with Gasteiger partial charge in [0.05, 0.1) is 6.54 Å². The van der Waals surface area contributed by atoms with Crippen molar-refractivity contribution in [2.24, 2.45) is 10.9 Å². The molecule has 0 radical (unpaired) electrons. The molecule has 1 amide bonds. The standard InChI is InChI=1S/C21H32N6O/c1-4-22-21(23-11-6-8-17(2)3)24-15-18-9-5-10-19(14-18)26-20(28)16-27-13-7-12-25-27/h5,7,9-10,12-14,17H,4,6,8,11,15-16H2,1-3H3,(H,26,28)(H2,22,23,24). The molecule has 7 nitrogen and oxygen atoms in total. The van der Waals surface area contributed by atoms with Crippen LogP contribution in [0, 0.1) is 5.92 Å². The van der Waals surface area contributed by atoms with Crippen LogP contribution >= 0.6 is 0 Å². The Bertz CT molecular complexity index is 739. The van der Waals surface area contributed by atoms with Crippen molar-refractivity contribution in [3.63, 3.8) is 0 Å². The predicted molar refractivity (Wildman–Crippen MR) is 114 cm³/mol. The van der Waals surface area contributed by atoms with Gasteiger partial charge in [-0.3, -0.25) is 9.48 Å². The highest BCUT2D eigenvalue weighted by molar-refractivity contribution is 5.90. The molecule has 1 aromatic carbocycles. The van der Waals surface area contributed by atoms with Crippen LogP contribution in [0.4, 0.5) is 5.69 Å². The van der Waals surface area contributed by atoms with Gasteiger partial charge in [0, 0.05) is 31.2 Å². The van der Waals surface area contributed by atoms with Gasteiger partial charge in [-0.25, -0.2) is 4.99 Å². The quantitative estimate of drug-likeness (QED) is 0.334. The first-order chi connectivity index (χ1) is 13.6. The molecule has 0 atom stereocenters. The van der Waals surface area contributed by atoms with Crippen LogP contribution in [0.2, 0.25) is 0 Å². The predicted octanol–water partition coefficient (Wildman–Crippen LogP) is 3.01. The van der Waals surface area contributed by atoms with Gasteiger partial charge in [0.15, 0.2) is 5.96 Å². The first-order valence-corrected chi connectivity index (χ1v) is 9.95. The molecule has 0 saturated carbocycles. The third kappa shape index (κ3) is 8.24. The van der Waals surface area contributed by atoms with Crippen LogP contribution in [0.15, 0.2) is 47.7 Å². The van der Waals surface area contributed by atoms with Crippen molar-refractivity contribution >= 4 is 17.6 Å². The van der Waals surface area contributed by atoms with Gasteiger partial charge >= 0.3 is 0 Å². The van der Waals surface area contributed by atoms with Gasteiger partial charge in [-0.15, -0.1) is 0 Å². The lowest BCUT2D eigenvalue weighted by Crippen LogP contribution is -2.37. The zero-order chi connectivity index (χ0) is 20.2. The van der Waals surface area contributed by atoms with Gasteiger partial charge in [-0.05, 0) is 49.4 Å². The van der Waals surface area contributed by atoms with Crippen molar-refractivity contribution in [1.82, 2.24) is 20.4 Å². The Balaban J connectivity index is 1.88. The van der Waals surface area contributed by atoms with Crippen molar-refractivity contribution < 1.29 is 4.79 Å². The Morgan fingerprint density at radius 3 is 2.82 bits per heavy atom. The number of hydrogen-bond acceptors (Lipinski definition) is 3. The Labute approximate surface area is 167 Å². The second-order valence-electron chi connectivity index (χ2n) is 7.11. The maximum Gasteiger partial charge on any atom is 0.246 e. The number of aliphatic imine (C=N–C) groups is 1. The lowest BCUT2D eigenvalue weighted by atomic mass is 10.1. The fraction of sp³-hybridized carbons (Fsp3) is 0.476. The van der Waals surface area contributed by atoms with E-state index in [0.29, 0.717) is 12.5 Å². The molecule has 3 N–H and O–H groups in total. The first kappa shape index (κ1) is 21.5. The molecule has 0 aliphatic heterocycles. The van der Waals surface area contributed by atoms with E-state index in [4.69, 9.17) is 0 Å². The molecule has 0 bridgehead atoms. The highest BCUT2D eigenvalue weighted by atomic mass is 16.2. The number of carbonyl (C=O) groups excluding carboxylic acids is 1. The van der Waals surface area contributed by atoms with Crippen molar-refractivity contribution in [3.05, 3.63) is 48.3 Å². The SMILES string of the molecule is CCNC(=NCc1cccc(NC(=O)Cn2cccn2)c1)NCCCC(C)C. The minimum Gasteiger partial charge on any atom is -0.357 e. The summed E-state index contributed by atoms with van der Waals surface area (Å²) in [7, 11) is 0. The van der Waals surface area contributed by atoms with E-state index >= 15 is 0 Å². The van der Waals surface area contributed by atoms with Crippen LogP contribution in [-0.2, 0) is 17.9 Å². The highest BCUT2D eigenvalue weighted by Crippen LogP contribution is 2.12. The largest absolute Gasteiger partial charge is 0.357 e. The Morgan fingerprint density at radius 2 is 2.11 bits per heavy atom. The minimum absolute atomic E-state index is 0.107. The molecule has 0 unspecified atom stereocenters. The fourth-order valence-electron chi connectivity index (χ4n) is 2.72.